The van der Waals surface area contributed by atoms with Crippen molar-refractivity contribution in [2.24, 2.45) is 0 Å². The zero-order chi connectivity index (χ0) is 10.6. The molecule has 0 heterocycles. The number of methoxy groups -OCH3 is 1. The third-order valence-corrected chi connectivity index (χ3v) is 1.75. The molecule has 0 saturated carbocycles. The molecule has 14 heavy (non-hydrogen) atoms. The predicted octanol–water partition coefficient (Wildman–Crippen LogP) is 2.00. The number of aromatic hydroxyl groups is 1. The minimum atomic E-state index is -0.0738. The Labute approximate surface area is 82.6 Å². The molecule has 0 unspecified atom stereocenters. The van der Waals surface area contributed by atoms with E-state index < -0.39 is 0 Å². The normalized spacial score (nSPS) is 10.4. The van der Waals surface area contributed by atoms with Crippen LogP contribution in [-0.4, -0.2) is 18.0 Å². The topological polar surface area (TPSA) is 46.5 Å². The molecular formula is C11H12O3. The van der Waals surface area contributed by atoms with Gasteiger partial charge in [-0.25, -0.2) is 0 Å². The minimum Gasteiger partial charge on any atom is -0.507 e. The van der Waals surface area contributed by atoms with Crippen molar-refractivity contribution in [2.75, 3.05) is 7.11 Å². The molecule has 1 rings (SSSR count). The van der Waals surface area contributed by atoms with E-state index in [4.69, 9.17) is 4.74 Å². The third-order valence-electron chi connectivity index (χ3n) is 1.75. The third kappa shape index (κ3) is 2.36. The van der Waals surface area contributed by atoms with E-state index in [0.29, 0.717) is 11.3 Å². The summed E-state index contributed by atoms with van der Waals surface area (Å²) in [5, 5.41) is 9.49. The number of allylic oxidation sites excluding steroid dienone is 1. The lowest BCUT2D eigenvalue weighted by Crippen LogP contribution is -1.88. The fourth-order valence-electron chi connectivity index (χ4n) is 1.08. The molecule has 0 amide bonds. The first kappa shape index (κ1) is 10.3. The first-order valence-corrected chi connectivity index (χ1v) is 4.19. The Hall–Kier alpha value is -1.77. The van der Waals surface area contributed by atoms with Crippen LogP contribution in [-0.2, 0) is 4.79 Å². The highest BCUT2D eigenvalue weighted by molar-refractivity contribution is 5.92. The second kappa shape index (κ2) is 4.46. The van der Waals surface area contributed by atoms with E-state index in [1.807, 2.05) is 0 Å². The number of hydrogen-bond acceptors (Lipinski definition) is 3. The summed E-state index contributed by atoms with van der Waals surface area (Å²) in [6, 6.07) is 4.95. The minimum absolute atomic E-state index is 0.0738. The molecular weight excluding hydrogens is 180 g/mol. The van der Waals surface area contributed by atoms with Crippen molar-refractivity contribution in [3.8, 4) is 11.5 Å². The maximum Gasteiger partial charge on any atom is 0.152 e. The molecule has 0 spiro atoms. The quantitative estimate of drug-likeness (QED) is 0.745. The predicted molar refractivity (Wildman–Crippen MR) is 54.4 cm³/mol. The highest BCUT2D eigenvalue weighted by Crippen LogP contribution is 2.28. The molecule has 0 bridgehead atoms. The van der Waals surface area contributed by atoms with Gasteiger partial charge in [-0.05, 0) is 31.2 Å². The zero-order valence-corrected chi connectivity index (χ0v) is 8.15. The molecule has 1 aromatic carbocycles. The Morgan fingerprint density at radius 1 is 1.50 bits per heavy atom. The highest BCUT2D eigenvalue weighted by atomic mass is 16.5. The molecule has 3 nitrogen and oxygen atoms in total. The van der Waals surface area contributed by atoms with Crippen LogP contribution in [0.1, 0.15) is 12.5 Å². The van der Waals surface area contributed by atoms with Crippen LogP contribution in [0, 0.1) is 0 Å². The van der Waals surface area contributed by atoms with Gasteiger partial charge in [-0.15, -0.1) is 0 Å². The van der Waals surface area contributed by atoms with E-state index in [0.717, 1.165) is 0 Å². The fourth-order valence-corrected chi connectivity index (χ4v) is 1.08. The van der Waals surface area contributed by atoms with Crippen LogP contribution in [0.15, 0.2) is 24.3 Å². The highest BCUT2D eigenvalue weighted by Gasteiger charge is 2.04. The number of phenolic OH excluding ortho intramolecular Hbond substituents is 1. The van der Waals surface area contributed by atoms with Crippen molar-refractivity contribution >= 4 is 11.9 Å². The number of carbonyl (C=O) groups excluding carboxylic acids is 1. The van der Waals surface area contributed by atoms with Crippen molar-refractivity contribution in [3.05, 3.63) is 29.8 Å². The molecule has 0 fully saturated rings. The van der Waals surface area contributed by atoms with Crippen LogP contribution < -0.4 is 4.74 Å². The molecule has 0 saturated heterocycles. The smallest absolute Gasteiger partial charge is 0.152 e. The summed E-state index contributed by atoms with van der Waals surface area (Å²) in [5.74, 6) is 0.569. The van der Waals surface area contributed by atoms with Gasteiger partial charge in [-0.3, -0.25) is 4.79 Å². The van der Waals surface area contributed by atoms with Gasteiger partial charge in [0.15, 0.2) is 5.78 Å². The molecule has 1 N–H and O–H groups in total. The molecule has 0 aliphatic heterocycles. The van der Waals surface area contributed by atoms with Gasteiger partial charge in [0, 0.05) is 0 Å². The molecule has 0 aromatic heterocycles. The van der Waals surface area contributed by atoms with Gasteiger partial charge < -0.3 is 9.84 Å². The number of ketones is 1. The summed E-state index contributed by atoms with van der Waals surface area (Å²) in [4.78, 5) is 10.7. The maximum absolute atomic E-state index is 10.7. The van der Waals surface area contributed by atoms with E-state index in [2.05, 4.69) is 0 Å². The van der Waals surface area contributed by atoms with Gasteiger partial charge in [0.05, 0.1) is 12.7 Å². The Morgan fingerprint density at radius 2 is 2.21 bits per heavy atom. The van der Waals surface area contributed by atoms with Crippen molar-refractivity contribution in [1.82, 2.24) is 0 Å². The Morgan fingerprint density at radius 3 is 2.79 bits per heavy atom. The summed E-state index contributed by atoms with van der Waals surface area (Å²) < 4.78 is 5.04. The molecule has 3 heteroatoms. The van der Waals surface area contributed by atoms with Crippen molar-refractivity contribution in [1.29, 1.82) is 0 Å². The van der Waals surface area contributed by atoms with Gasteiger partial charge in [-0.2, -0.15) is 0 Å². The molecule has 1 aromatic rings. The number of hydrogen-bond donors (Lipinski definition) is 1. The summed E-state index contributed by atoms with van der Waals surface area (Å²) >= 11 is 0. The number of rotatable bonds is 3. The number of benzene rings is 1. The fraction of sp³-hybridized carbons (Fsp3) is 0.182. The van der Waals surface area contributed by atoms with Gasteiger partial charge in [-0.1, -0.05) is 6.07 Å². The van der Waals surface area contributed by atoms with Crippen molar-refractivity contribution in [2.45, 2.75) is 6.92 Å². The monoisotopic (exact) mass is 192 g/mol. The molecule has 0 radical (unpaired) electrons. The molecule has 0 aliphatic carbocycles. The lowest BCUT2D eigenvalue weighted by Gasteiger charge is -2.05. The van der Waals surface area contributed by atoms with Gasteiger partial charge in [0.25, 0.3) is 0 Å². The van der Waals surface area contributed by atoms with Crippen LogP contribution in [0.4, 0.5) is 0 Å². The number of carbonyl (C=O) groups is 1. The van der Waals surface area contributed by atoms with E-state index in [-0.39, 0.29) is 11.5 Å². The van der Waals surface area contributed by atoms with Gasteiger partial charge >= 0.3 is 0 Å². The SMILES string of the molecule is COc1cccc(O)c1/C=C/C(C)=O. The first-order chi connectivity index (χ1) is 6.65. The summed E-state index contributed by atoms with van der Waals surface area (Å²) in [5.41, 5.74) is 0.519. The van der Waals surface area contributed by atoms with Crippen molar-refractivity contribution in [3.63, 3.8) is 0 Å². The standard InChI is InChI=1S/C11H12O3/c1-8(12)6-7-9-10(13)4-3-5-11(9)14-2/h3-7,13H,1-2H3/b7-6+. The van der Waals surface area contributed by atoms with Crippen molar-refractivity contribution < 1.29 is 14.6 Å². The summed E-state index contributed by atoms with van der Waals surface area (Å²) in [6.07, 6.45) is 2.92. The zero-order valence-electron chi connectivity index (χ0n) is 8.15. The van der Waals surface area contributed by atoms with Crippen LogP contribution in [0.2, 0.25) is 0 Å². The maximum atomic E-state index is 10.7. The first-order valence-electron chi connectivity index (χ1n) is 4.19. The van der Waals surface area contributed by atoms with E-state index in [9.17, 15) is 9.90 Å². The Bertz CT molecular complexity index is 367. The molecule has 74 valence electrons. The number of phenols is 1. The summed E-state index contributed by atoms with van der Waals surface area (Å²) in [6.45, 7) is 1.45. The van der Waals surface area contributed by atoms with Crippen LogP contribution >= 0.6 is 0 Å². The Kier molecular flexibility index (Phi) is 3.29. The Balaban J connectivity index is 3.11. The van der Waals surface area contributed by atoms with Crippen LogP contribution in [0.5, 0.6) is 11.5 Å². The lowest BCUT2D eigenvalue weighted by molar-refractivity contribution is -0.112. The second-order valence-electron chi connectivity index (χ2n) is 2.84. The van der Waals surface area contributed by atoms with E-state index in [1.165, 1.54) is 26.2 Å². The summed E-state index contributed by atoms with van der Waals surface area (Å²) in [7, 11) is 1.51. The lowest BCUT2D eigenvalue weighted by atomic mass is 10.1. The molecule has 0 atom stereocenters. The van der Waals surface area contributed by atoms with E-state index in [1.54, 1.807) is 18.2 Å². The second-order valence-corrected chi connectivity index (χ2v) is 2.84. The van der Waals surface area contributed by atoms with Crippen LogP contribution in [0.25, 0.3) is 6.08 Å². The van der Waals surface area contributed by atoms with E-state index >= 15 is 0 Å². The number of ether oxygens (including phenoxy) is 1. The molecule has 0 aliphatic rings. The van der Waals surface area contributed by atoms with Gasteiger partial charge in [0.2, 0.25) is 0 Å². The van der Waals surface area contributed by atoms with Crippen LogP contribution in [0.3, 0.4) is 0 Å². The van der Waals surface area contributed by atoms with Gasteiger partial charge in [0.1, 0.15) is 11.5 Å². The average molecular weight is 192 g/mol. The largest absolute Gasteiger partial charge is 0.507 e. The average Bonchev–Trinajstić information content (AvgIpc) is 2.15.